The summed E-state index contributed by atoms with van der Waals surface area (Å²) in [5.41, 5.74) is 3.82. The molecule has 0 radical (unpaired) electrons. The van der Waals surface area contributed by atoms with E-state index in [1.54, 1.807) is 23.7 Å². The van der Waals surface area contributed by atoms with Crippen LogP contribution in [0.15, 0.2) is 79.4 Å². The van der Waals surface area contributed by atoms with E-state index in [0.29, 0.717) is 5.82 Å². The van der Waals surface area contributed by atoms with Crippen LogP contribution in [0, 0.1) is 6.92 Å². The van der Waals surface area contributed by atoms with Crippen LogP contribution in [-0.4, -0.2) is 19.9 Å². The van der Waals surface area contributed by atoms with Gasteiger partial charge >= 0.3 is 0 Å². The van der Waals surface area contributed by atoms with Gasteiger partial charge in [-0.05, 0) is 42.6 Å². The summed E-state index contributed by atoms with van der Waals surface area (Å²) in [6.07, 6.45) is 7.23. The maximum absolute atomic E-state index is 4.62. The van der Waals surface area contributed by atoms with Gasteiger partial charge in [-0.2, -0.15) is 0 Å². The van der Waals surface area contributed by atoms with E-state index in [9.17, 15) is 0 Å². The number of hydrogen-bond donors (Lipinski definition) is 1. The van der Waals surface area contributed by atoms with Gasteiger partial charge < -0.3 is 5.32 Å². The molecule has 0 spiro atoms. The summed E-state index contributed by atoms with van der Waals surface area (Å²) < 4.78 is 1.27. The Labute approximate surface area is 172 Å². The highest BCUT2D eigenvalue weighted by Gasteiger charge is 2.09. The third kappa shape index (κ3) is 3.70. The number of benzene rings is 1. The monoisotopic (exact) mass is 395 g/mol. The Hall–Kier alpha value is -3.64. The van der Waals surface area contributed by atoms with Gasteiger partial charge in [-0.15, -0.1) is 11.3 Å². The van der Waals surface area contributed by atoms with Crippen LogP contribution in [0.25, 0.3) is 31.8 Å². The van der Waals surface area contributed by atoms with Gasteiger partial charge in [0.15, 0.2) is 0 Å². The third-order valence-electron chi connectivity index (χ3n) is 4.53. The third-order valence-corrected chi connectivity index (χ3v) is 5.70. The van der Waals surface area contributed by atoms with Crippen molar-refractivity contribution in [1.29, 1.82) is 0 Å². The zero-order chi connectivity index (χ0) is 19.6. The van der Waals surface area contributed by atoms with Crippen molar-refractivity contribution in [1.82, 2.24) is 19.9 Å². The van der Waals surface area contributed by atoms with Crippen molar-refractivity contribution in [2.45, 2.75) is 6.92 Å². The summed E-state index contributed by atoms with van der Waals surface area (Å²) in [4.78, 5) is 18.8. The van der Waals surface area contributed by atoms with Gasteiger partial charge in [0.1, 0.15) is 11.6 Å². The van der Waals surface area contributed by atoms with E-state index < -0.39 is 0 Å². The van der Waals surface area contributed by atoms with Gasteiger partial charge in [0.05, 0.1) is 5.69 Å². The minimum atomic E-state index is 0.700. The van der Waals surface area contributed by atoms with Gasteiger partial charge in [-0.25, -0.2) is 9.97 Å². The fraction of sp³-hybridized carbons (Fsp3) is 0.0435. The molecular formula is C23H17N5S. The molecule has 5 rings (SSSR count). The van der Waals surface area contributed by atoms with E-state index in [1.807, 2.05) is 37.5 Å². The molecule has 0 saturated heterocycles. The molecule has 0 saturated carbocycles. The summed E-state index contributed by atoms with van der Waals surface area (Å²) in [5, 5.41) is 4.56. The summed E-state index contributed by atoms with van der Waals surface area (Å²) >= 11 is 1.77. The zero-order valence-corrected chi connectivity index (χ0v) is 16.5. The van der Waals surface area contributed by atoms with Crippen LogP contribution in [0.3, 0.4) is 0 Å². The standard InChI is InChI=1S/C23H17N5S/c1-15-26-20(12-23(27-15)28-19-6-8-24-9-7-19)17-10-18(14-25-13-17)22-11-16-4-2-3-5-21(16)29-22/h2-14H,1H3,(H,24,26,27,28). The second-order valence-corrected chi connectivity index (χ2v) is 7.74. The first-order chi connectivity index (χ1) is 14.2. The molecule has 5 nitrogen and oxygen atoms in total. The molecule has 1 N–H and O–H groups in total. The molecule has 29 heavy (non-hydrogen) atoms. The molecule has 0 amide bonds. The van der Waals surface area contributed by atoms with Crippen molar-refractivity contribution in [3.05, 3.63) is 85.2 Å². The van der Waals surface area contributed by atoms with Crippen LogP contribution in [0.4, 0.5) is 11.5 Å². The average molecular weight is 395 g/mol. The predicted molar refractivity (Wildman–Crippen MR) is 118 cm³/mol. The largest absolute Gasteiger partial charge is 0.340 e. The number of fused-ring (bicyclic) bond motifs is 1. The first-order valence-corrected chi connectivity index (χ1v) is 10.0. The van der Waals surface area contributed by atoms with E-state index in [2.05, 4.69) is 61.7 Å². The number of pyridine rings is 2. The lowest BCUT2D eigenvalue weighted by molar-refractivity contribution is 1.06. The lowest BCUT2D eigenvalue weighted by Gasteiger charge is -2.09. The van der Waals surface area contributed by atoms with E-state index in [1.165, 1.54) is 15.0 Å². The topological polar surface area (TPSA) is 63.6 Å². The molecule has 0 aliphatic carbocycles. The number of rotatable bonds is 4. The molecule has 0 bridgehead atoms. The first kappa shape index (κ1) is 17.5. The van der Waals surface area contributed by atoms with Crippen molar-refractivity contribution in [2.75, 3.05) is 5.32 Å². The maximum atomic E-state index is 4.62. The summed E-state index contributed by atoms with van der Waals surface area (Å²) in [7, 11) is 0. The van der Waals surface area contributed by atoms with E-state index in [4.69, 9.17) is 0 Å². The average Bonchev–Trinajstić information content (AvgIpc) is 3.19. The second-order valence-electron chi connectivity index (χ2n) is 6.66. The summed E-state index contributed by atoms with van der Waals surface area (Å²) in [6, 6.07) is 18.5. The molecule has 1 aromatic carbocycles. The van der Waals surface area contributed by atoms with Crippen LogP contribution in [0.1, 0.15) is 5.82 Å². The molecule has 4 heterocycles. The molecule has 140 valence electrons. The fourth-order valence-corrected chi connectivity index (χ4v) is 4.25. The van der Waals surface area contributed by atoms with Gasteiger partial charge in [0.2, 0.25) is 0 Å². The van der Waals surface area contributed by atoms with Crippen LogP contribution < -0.4 is 5.32 Å². The smallest absolute Gasteiger partial charge is 0.134 e. The quantitative estimate of drug-likeness (QED) is 0.412. The molecule has 0 fully saturated rings. The number of hydrogen-bond acceptors (Lipinski definition) is 6. The second kappa shape index (κ2) is 7.41. The fourth-order valence-electron chi connectivity index (χ4n) is 3.20. The zero-order valence-electron chi connectivity index (χ0n) is 15.7. The first-order valence-electron chi connectivity index (χ1n) is 9.22. The Morgan fingerprint density at radius 3 is 2.52 bits per heavy atom. The SMILES string of the molecule is Cc1nc(Nc2ccncc2)cc(-c2cncc(-c3cc4ccccc4s3)c2)n1. The molecule has 4 aromatic heterocycles. The highest BCUT2D eigenvalue weighted by atomic mass is 32.1. The van der Waals surface area contributed by atoms with Crippen molar-refractivity contribution in [2.24, 2.45) is 0 Å². The highest BCUT2D eigenvalue weighted by molar-refractivity contribution is 7.22. The van der Waals surface area contributed by atoms with Crippen LogP contribution in [0.2, 0.25) is 0 Å². The molecule has 0 atom stereocenters. The van der Waals surface area contributed by atoms with Crippen LogP contribution >= 0.6 is 11.3 Å². The Morgan fingerprint density at radius 2 is 1.66 bits per heavy atom. The minimum absolute atomic E-state index is 0.700. The molecule has 0 unspecified atom stereocenters. The molecule has 0 aliphatic rings. The number of nitrogens with one attached hydrogen (secondary N) is 1. The lowest BCUT2D eigenvalue weighted by atomic mass is 10.1. The number of aromatic nitrogens is 4. The van der Waals surface area contributed by atoms with Crippen molar-refractivity contribution in [3.63, 3.8) is 0 Å². The Balaban J connectivity index is 1.52. The number of aryl methyl sites for hydroxylation is 1. The van der Waals surface area contributed by atoms with Gasteiger partial charge in [-0.1, -0.05) is 18.2 Å². The van der Waals surface area contributed by atoms with E-state index >= 15 is 0 Å². The lowest BCUT2D eigenvalue weighted by Crippen LogP contribution is -1.99. The number of thiophene rings is 1. The van der Waals surface area contributed by atoms with Crippen molar-refractivity contribution >= 4 is 32.9 Å². The van der Waals surface area contributed by atoms with Crippen LogP contribution in [-0.2, 0) is 0 Å². The van der Waals surface area contributed by atoms with Crippen molar-refractivity contribution in [3.8, 4) is 21.7 Å². The Bertz CT molecular complexity index is 1260. The minimum Gasteiger partial charge on any atom is -0.340 e. The van der Waals surface area contributed by atoms with Crippen molar-refractivity contribution < 1.29 is 0 Å². The van der Waals surface area contributed by atoms with E-state index in [-0.39, 0.29) is 0 Å². The van der Waals surface area contributed by atoms with Gasteiger partial charge in [-0.3, -0.25) is 9.97 Å². The molecular weight excluding hydrogens is 378 g/mol. The number of nitrogens with zero attached hydrogens (tertiary/aromatic N) is 4. The van der Waals surface area contributed by atoms with Gasteiger partial charge in [0.25, 0.3) is 0 Å². The number of anilines is 2. The summed E-state index contributed by atoms with van der Waals surface area (Å²) in [5.74, 6) is 1.44. The Morgan fingerprint density at radius 1 is 0.828 bits per heavy atom. The van der Waals surface area contributed by atoms with Crippen LogP contribution in [0.5, 0.6) is 0 Å². The van der Waals surface area contributed by atoms with Gasteiger partial charge in [0, 0.05) is 57.2 Å². The maximum Gasteiger partial charge on any atom is 0.134 e. The predicted octanol–water partition coefficient (Wildman–Crippen LogP) is 5.87. The normalized spacial score (nSPS) is 10.9. The molecule has 5 aromatic rings. The van der Waals surface area contributed by atoms with E-state index in [0.717, 1.165) is 28.3 Å². The Kier molecular flexibility index (Phi) is 4.46. The molecule has 0 aliphatic heterocycles. The summed E-state index contributed by atoms with van der Waals surface area (Å²) in [6.45, 7) is 1.89. The molecule has 6 heteroatoms. The highest BCUT2D eigenvalue weighted by Crippen LogP contribution is 2.34.